The molecule has 0 radical (unpaired) electrons. The summed E-state index contributed by atoms with van der Waals surface area (Å²) in [5.74, 6) is 0.812. The van der Waals surface area contributed by atoms with Crippen LogP contribution in [-0.4, -0.2) is 12.7 Å². The maximum absolute atomic E-state index is 5.99. The van der Waals surface area contributed by atoms with Crippen molar-refractivity contribution in [2.75, 3.05) is 6.61 Å². The van der Waals surface area contributed by atoms with Gasteiger partial charge < -0.3 is 4.74 Å². The van der Waals surface area contributed by atoms with Crippen molar-refractivity contribution >= 4 is 0 Å². The predicted molar refractivity (Wildman–Crippen MR) is 86.7 cm³/mol. The molecule has 1 nitrogen and oxygen atoms in total. The van der Waals surface area contributed by atoms with Crippen LogP contribution in [0.5, 0.6) is 0 Å². The van der Waals surface area contributed by atoms with Gasteiger partial charge in [0.1, 0.15) is 0 Å². The summed E-state index contributed by atoms with van der Waals surface area (Å²) in [7, 11) is 0. The van der Waals surface area contributed by atoms with Crippen LogP contribution in [0.1, 0.15) is 98.3 Å². The van der Waals surface area contributed by atoms with Gasteiger partial charge in [-0.15, -0.1) is 0 Å². The first-order valence-corrected chi connectivity index (χ1v) is 8.82. The second kappa shape index (κ2) is 14.4. The molecule has 116 valence electrons. The summed E-state index contributed by atoms with van der Waals surface area (Å²) in [5, 5.41) is 0. The fourth-order valence-electron chi connectivity index (χ4n) is 2.48. The molecule has 0 N–H and O–H groups in total. The Kier molecular flexibility index (Phi) is 14.3. The third kappa shape index (κ3) is 14.2. The molecule has 0 aliphatic rings. The lowest BCUT2D eigenvalue weighted by Gasteiger charge is -2.16. The minimum atomic E-state index is 0.516. The van der Waals surface area contributed by atoms with Gasteiger partial charge in [0.05, 0.1) is 6.10 Å². The van der Waals surface area contributed by atoms with Crippen molar-refractivity contribution in [3.8, 4) is 0 Å². The SMILES string of the molecule is CCCCCCCCCC(CC)OCCCC(C)C. The van der Waals surface area contributed by atoms with E-state index in [4.69, 9.17) is 4.74 Å². The number of hydrogen-bond donors (Lipinski definition) is 0. The lowest BCUT2D eigenvalue weighted by molar-refractivity contribution is 0.0396. The largest absolute Gasteiger partial charge is 0.378 e. The van der Waals surface area contributed by atoms with Crippen LogP contribution in [0.3, 0.4) is 0 Å². The molecule has 1 heteroatoms. The zero-order valence-electron chi connectivity index (χ0n) is 14.0. The Morgan fingerprint density at radius 1 is 0.737 bits per heavy atom. The van der Waals surface area contributed by atoms with Gasteiger partial charge in [0.25, 0.3) is 0 Å². The van der Waals surface area contributed by atoms with Gasteiger partial charge in [0.2, 0.25) is 0 Å². The molecule has 0 aromatic heterocycles. The summed E-state index contributed by atoms with van der Waals surface area (Å²) >= 11 is 0. The smallest absolute Gasteiger partial charge is 0.0572 e. The zero-order chi connectivity index (χ0) is 14.3. The highest BCUT2D eigenvalue weighted by molar-refractivity contribution is 4.57. The molecule has 1 atom stereocenters. The maximum atomic E-state index is 5.99. The normalized spacial score (nSPS) is 13.1. The van der Waals surface area contributed by atoms with Crippen molar-refractivity contribution in [3.05, 3.63) is 0 Å². The van der Waals surface area contributed by atoms with Gasteiger partial charge in [-0.2, -0.15) is 0 Å². The number of rotatable bonds is 14. The predicted octanol–water partition coefficient (Wildman–Crippen LogP) is 6.36. The molecule has 0 aromatic carbocycles. The molecule has 0 aromatic rings. The molecule has 0 saturated carbocycles. The fourth-order valence-corrected chi connectivity index (χ4v) is 2.48. The van der Waals surface area contributed by atoms with Crippen LogP contribution < -0.4 is 0 Å². The van der Waals surface area contributed by atoms with Crippen LogP contribution in [0.4, 0.5) is 0 Å². The number of hydrogen-bond acceptors (Lipinski definition) is 1. The van der Waals surface area contributed by atoms with Crippen molar-refractivity contribution < 1.29 is 4.74 Å². The van der Waals surface area contributed by atoms with E-state index in [0.29, 0.717) is 6.10 Å². The van der Waals surface area contributed by atoms with Gasteiger partial charge in [0, 0.05) is 6.61 Å². The zero-order valence-corrected chi connectivity index (χ0v) is 14.0. The Bertz CT molecular complexity index is 165. The molecule has 0 bridgehead atoms. The van der Waals surface area contributed by atoms with Crippen LogP contribution in [0.2, 0.25) is 0 Å². The summed E-state index contributed by atoms with van der Waals surface area (Å²) in [4.78, 5) is 0. The van der Waals surface area contributed by atoms with Crippen LogP contribution in [0, 0.1) is 5.92 Å². The lowest BCUT2D eigenvalue weighted by Crippen LogP contribution is -2.13. The van der Waals surface area contributed by atoms with Gasteiger partial charge in [0.15, 0.2) is 0 Å². The lowest BCUT2D eigenvalue weighted by atomic mass is 10.1. The van der Waals surface area contributed by atoms with E-state index in [-0.39, 0.29) is 0 Å². The van der Waals surface area contributed by atoms with Crippen LogP contribution in [0.25, 0.3) is 0 Å². The molecule has 0 rings (SSSR count). The molecule has 0 saturated heterocycles. The van der Waals surface area contributed by atoms with Crippen molar-refractivity contribution in [1.29, 1.82) is 0 Å². The topological polar surface area (TPSA) is 9.23 Å². The van der Waals surface area contributed by atoms with Crippen molar-refractivity contribution in [2.24, 2.45) is 5.92 Å². The van der Waals surface area contributed by atoms with Crippen LogP contribution in [0.15, 0.2) is 0 Å². The minimum absolute atomic E-state index is 0.516. The number of unbranched alkanes of at least 4 members (excludes halogenated alkanes) is 6. The van der Waals surface area contributed by atoms with Gasteiger partial charge in [-0.25, -0.2) is 0 Å². The Hall–Kier alpha value is -0.0400. The van der Waals surface area contributed by atoms with E-state index < -0.39 is 0 Å². The molecule has 0 spiro atoms. The van der Waals surface area contributed by atoms with Crippen LogP contribution >= 0.6 is 0 Å². The van der Waals surface area contributed by atoms with Gasteiger partial charge in [-0.05, 0) is 31.6 Å². The molecule has 19 heavy (non-hydrogen) atoms. The number of ether oxygens (including phenoxy) is 1. The van der Waals surface area contributed by atoms with Gasteiger partial charge in [-0.3, -0.25) is 0 Å². The molecule has 1 unspecified atom stereocenters. The highest BCUT2D eigenvalue weighted by Crippen LogP contribution is 2.14. The molecule has 0 aliphatic carbocycles. The summed E-state index contributed by atoms with van der Waals surface area (Å²) in [6.07, 6.45) is 15.3. The standard InChI is InChI=1S/C18H38O/c1-5-7-8-9-10-11-12-15-18(6-2)19-16-13-14-17(3)4/h17-18H,5-16H2,1-4H3. The van der Waals surface area contributed by atoms with E-state index >= 15 is 0 Å². The monoisotopic (exact) mass is 270 g/mol. The summed E-state index contributed by atoms with van der Waals surface area (Å²) < 4.78 is 5.99. The Labute approximate surface area is 122 Å². The second-order valence-electron chi connectivity index (χ2n) is 6.35. The van der Waals surface area contributed by atoms with E-state index in [1.807, 2.05) is 0 Å². The summed E-state index contributed by atoms with van der Waals surface area (Å²) in [5.41, 5.74) is 0. The average Bonchev–Trinajstić information content (AvgIpc) is 2.39. The first-order valence-electron chi connectivity index (χ1n) is 8.82. The second-order valence-corrected chi connectivity index (χ2v) is 6.35. The fraction of sp³-hybridized carbons (Fsp3) is 1.00. The van der Waals surface area contributed by atoms with Crippen molar-refractivity contribution in [1.82, 2.24) is 0 Å². The van der Waals surface area contributed by atoms with E-state index in [1.54, 1.807) is 0 Å². The molecular formula is C18H38O. The van der Waals surface area contributed by atoms with E-state index in [9.17, 15) is 0 Å². The first-order chi connectivity index (χ1) is 9.20. The van der Waals surface area contributed by atoms with E-state index in [2.05, 4.69) is 27.7 Å². The van der Waals surface area contributed by atoms with Crippen molar-refractivity contribution in [3.63, 3.8) is 0 Å². The molecule has 0 heterocycles. The first kappa shape index (κ1) is 19.0. The summed E-state index contributed by atoms with van der Waals surface area (Å²) in [6.45, 7) is 10.1. The van der Waals surface area contributed by atoms with Gasteiger partial charge in [-0.1, -0.05) is 72.6 Å². The Balaban J connectivity index is 3.33. The summed E-state index contributed by atoms with van der Waals surface area (Å²) in [6, 6.07) is 0. The highest BCUT2D eigenvalue weighted by Gasteiger charge is 2.06. The quantitative estimate of drug-likeness (QED) is 0.334. The molecule has 0 aliphatic heterocycles. The molecular weight excluding hydrogens is 232 g/mol. The van der Waals surface area contributed by atoms with Gasteiger partial charge >= 0.3 is 0 Å². The highest BCUT2D eigenvalue weighted by atomic mass is 16.5. The Morgan fingerprint density at radius 3 is 1.95 bits per heavy atom. The van der Waals surface area contributed by atoms with E-state index in [1.165, 1.54) is 70.6 Å². The average molecular weight is 271 g/mol. The minimum Gasteiger partial charge on any atom is -0.378 e. The van der Waals surface area contributed by atoms with Crippen molar-refractivity contribution in [2.45, 2.75) is 104 Å². The van der Waals surface area contributed by atoms with E-state index in [0.717, 1.165) is 12.5 Å². The molecule has 0 fully saturated rings. The third-order valence-electron chi connectivity index (χ3n) is 3.86. The maximum Gasteiger partial charge on any atom is 0.0572 e. The Morgan fingerprint density at radius 2 is 1.37 bits per heavy atom. The molecule has 0 amide bonds. The third-order valence-corrected chi connectivity index (χ3v) is 3.86. The van der Waals surface area contributed by atoms with Crippen LogP contribution in [-0.2, 0) is 4.74 Å².